The number of hydrogen-bond acceptors (Lipinski definition) is 6. The van der Waals surface area contributed by atoms with Crippen LogP contribution in [0.1, 0.15) is 57.7 Å². The fourth-order valence-corrected chi connectivity index (χ4v) is 4.11. The van der Waals surface area contributed by atoms with E-state index >= 15 is 0 Å². The molecule has 2 aromatic rings. The zero-order valence-corrected chi connectivity index (χ0v) is 21.4. The Kier molecular flexibility index (Phi) is 9.46. The highest BCUT2D eigenvalue weighted by molar-refractivity contribution is 7.92. The van der Waals surface area contributed by atoms with E-state index in [-0.39, 0.29) is 29.5 Å². The lowest BCUT2D eigenvalue weighted by Crippen LogP contribution is -2.27. The van der Waals surface area contributed by atoms with Gasteiger partial charge < -0.3 is 9.90 Å². The average Bonchev–Trinajstić information content (AvgIpc) is 2.76. The van der Waals surface area contributed by atoms with Gasteiger partial charge in [0.2, 0.25) is 16.0 Å². The highest BCUT2D eigenvalue weighted by Crippen LogP contribution is 2.32. The summed E-state index contributed by atoms with van der Waals surface area (Å²) in [6.07, 6.45) is 5.77. The predicted molar refractivity (Wildman–Crippen MR) is 133 cm³/mol. The summed E-state index contributed by atoms with van der Waals surface area (Å²) < 4.78 is 38.9. The van der Waals surface area contributed by atoms with Crippen molar-refractivity contribution >= 4 is 28.3 Å². The number of aldehydes is 1. The Balaban J connectivity index is 2.57. The largest absolute Gasteiger partial charge is 0.386 e. The summed E-state index contributed by atoms with van der Waals surface area (Å²) in [6.45, 7) is 7.95. The van der Waals surface area contributed by atoms with Gasteiger partial charge in [0, 0.05) is 18.2 Å². The van der Waals surface area contributed by atoms with Crippen LogP contribution in [0, 0.1) is 17.7 Å². The van der Waals surface area contributed by atoms with Gasteiger partial charge >= 0.3 is 0 Å². The first kappa shape index (κ1) is 27.6. The number of carbonyl (C=O) groups excluding carboxylic acids is 1. The molecule has 0 aliphatic heterocycles. The summed E-state index contributed by atoms with van der Waals surface area (Å²) in [5.74, 6) is -0.0957. The second kappa shape index (κ2) is 11.7. The zero-order chi connectivity index (χ0) is 25.6. The molecule has 1 N–H and O–H groups in total. The van der Waals surface area contributed by atoms with E-state index in [9.17, 15) is 22.7 Å². The summed E-state index contributed by atoms with van der Waals surface area (Å²) in [5.41, 5.74) is 2.56. The molecule has 0 saturated carbocycles. The van der Waals surface area contributed by atoms with Gasteiger partial charge in [-0.2, -0.15) is 0 Å². The molecule has 1 heterocycles. The number of anilines is 1. The topological polar surface area (TPSA) is 100 Å². The lowest BCUT2D eigenvalue weighted by atomic mass is 9.91. The first-order valence-electron chi connectivity index (χ1n) is 11.3. The van der Waals surface area contributed by atoms with Gasteiger partial charge in [-0.05, 0) is 54.9 Å². The van der Waals surface area contributed by atoms with Crippen LogP contribution in [0.5, 0.6) is 0 Å². The molecule has 7 nitrogen and oxygen atoms in total. The highest BCUT2D eigenvalue weighted by Gasteiger charge is 2.22. The molecule has 1 aromatic heterocycles. The number of aliphatic hydroxyl groups excluding tert-OH is 1. The number of sulfonamides is 1. The molecule has 186 valence electrons. The van der Waals surface area contributed by atoms with Crippen molar-refractivity contribution in [1.82, 2.24) is 9.97 Å². The Labute approximate surface area is 201 Å². The SMILES string of the molecule is CC(C)c1nc(N(C)S(C)(=O)=O)nc(-c2ccc(F)cc2)c1/C=C/[C@@H](C)C[C@@H](C)CC(O)C=O. The number of halogens is 1. The number of rotatable bonds is 11. The third kappa shape index (κ3) is 7.43. The lowest BCUT2D eigenvalue weighted by Gasteiger charge is -2.21. The van der Waals surface area contributed by atoms with Crippen molar-refractivity contribution in [2.24, 2.45) is 11.8 Å². The van der Waals surface area contributed by atoms with Crippen LogP contribution in [-0.2, 0) is 14.8 Å². The summed E-state index contributed by atoms with van der Waals surface area (Å²) in [6, 6.07) is 5.89. The first-order chi connectivity index (χ1) is 15.8. The van der Waals surface area contributed by atoms with Gasteiger partial charge in [-0.25, -0.2) is 27.1 Å². The molecule has 34 heavy (non-hydrogen) atoms. The summed E-state index contributed by atoms with van der Waals surface area (Å²) in [5, 5.41) is 9.58. The first-order valence-corrected chi connectivity index (χ1v) is 13.1. The third-order valence-electron chi connectivity index (χ3n) is 5.57. The van der Waals surface area contributed by atoms with Crippen LogP contribution in [0.2, 0.25) is 0 Å². The molecule has 0 aliphatic rings. The number of aliphatic hydroxyl groups is 1. The van der Waals surface area contributed by atoms with Crippen molar-refractivity contribution < 1.29 is 22.7 Å². The van der Waals surface area contributed by atoms with Gasteiger partial charge in [-0.1, -0.05) is 39.8 Å². The van der Waals surface area contributed by atoms with Crippen LogP contribution in [0.25, 0.3) is 17.3 Å². The van der Waals surface area contributed by atoms with Gasteiger partial charge in [0.15, 0.2) is 0 Å². The molecular formula is C25H34FN3O4S. The van der Waals surface area contributed by atoms with Crippen molar-refractivity contribution in [3.8, 4) is 11.3 Å². The van der Waals surface area contributed by atoms with Gasteiger partial charge in [0.25, 0.3) is 0 Å². The molecule has 9 heteroatoms. The third-order valence-corrected chi connectivity index (χ3v) is 6.73. The van der Waals surface area contributed by atoms with Crippen molar-refractivity contribution in [2.75, 3.05) is 17.6 Å². The number of aromatic nitrogens is 2. The van der Waals surface area contributed by atoms with Crippen LogP contribution >= 0.6 is 0 Å². The molecular weight excluding hydrogens is 457 g/mol. The molecule has 0 aliphatic carbocycles. The molecule has 1 unspecified atom stereocenters. The monoisotopic (exact) mass is 491 g/mol. The standard InChI is InChI=1S/C25H34FN3O4S/c1-16(2)23-22(12-7-17(3)13-18(4)14-21(31)15-30)24(19-8-10-20(26)11-9-19)28-25(27-23)29(5)34(6,32)33/h7-12,15-18,21,31H,13-14H2,1-6H3/b12-7+/t17-,18-,21?/m1/s1. The lowest BCUT2D eigenvalue weighted by molar-refractivity contribution is -0.115. The summed E-state index contributed by atoms with van der Waals surface area (Å²) in [4.78, 5) is 19.9. The summed E-state index contributed by atoms with van der Waals surface area (Å²) in [7, 11) is -2.18. The van der Waals surface area contributed by atoms with Crippen LogP contribution in [-0.4, -0.2) is 49.2 Å². The minimum absolute atomic E-state index is 0.0365. The molecule has 2 rings (SSSR count). The molecule has 0 amide bonds. The van der Waals surface area contributed by atoms with E-state index in [0.29, 0.717) is 29.7 Å². The molecule has 0 saturated heterocycles. The Morgan fingerprint density at radius 1 is 1.09 bits per heavy atom. The van der Waals surface area contributed by atoms with Gasteiger partial charge in [0.1, 0.15) is 18.2 Å². The van der Waals surface area contributed by atoms with E-state index in [1.807, 2.05) is 39.8 Å². The van der Waals surface area contributed by atoms with Crippen molar-refractivity contribution in [1.29, 1.82) is 0 Å². The van der Waals surface area contributed by atoms with Gasteiger partial charge in [-0.3, -0.25) is 0 Å². The minimum Gasteiger partial charge on any atom is -0.386 e. The van der Waals surface area contributed by atoms with Crippen molar-refractivity contribution in [3.05, 3.63) is 47.4 Å². The minimum atomic E-state index is -3.58. The predicted octanol–water partition coefficient (Wildman–Crippen LogP) is 4.43. The maximum absolute atomic E-state index is 13.6. The maximum Gasteiger partial charge on any atom is 0.239 e. The average molecular weight is 492 g/mol. The molecule has 0 spiro atoms. The number of nitrogens with zero attached hydrogens (tertiary/aromatic N) is 3. The van der Waals surface area contributed by atoms with Crippen LogP contribution in [0.15, 0.2) is 30.3 Å². The molecule has 1 aromatic carbocycles. The number of hydrogen-bond donors (Lipinski definition) is 1. The number of carbonyl (C=O) groups is 1. The van der Waals surface area contributed by atoms with E-state index in [1.165, 1.54) is 19.2 Å². The zero-order valence-electron chi connectivity index (χ0n) is 20.6. The second-order valence-corrected chi connectivity index (χ2v) is 11.2. The Morgan fingerprint density at radius 3 is 2.24 bits per heavy atom. The van der Waals surface area contributed by atoms with E-state index in [4.69, 9.17) is 0 Å². The van der Waals surface area contributed by atoms with E-state index in [2.05, 4.69) is 9.97 Å². The van der Waals surface area contributed by atoms with Crippen LogP contribution in [0.3, 0.4) is 0 Å². The van der Waals surface area contributed by atoms with E-state index in [0.717, 1.165) is 22.5 Å². The Bertz CT molecular complexity index is 1120. The number of benzene rings is 1. The fraction of sp³-hybridized carbons (Fsp3) is 0.480. The summed E-state index contributed by atoms with van der Waals surface area (Å²) >= 11 is 0. The van der Waals surface area contributed by atoms with Crippen molar-refractivity contribution in [3.63, 3.8) is 0 Å². The van der Waals surface area contributed by atoms with Gasteiger partial charge in [-0.15, -0.1) is 0 Å². The normalized spacial score (nSPS) is 14.9. The molecule has 0 radical (unpaired) electrons. The second-order valence-electron chi connectivity index (χ2n) is 9.18. The fourth-order valence-electron chi connectivity index (χ4n) is 3.73. The van der Waals surface area contributed by atoms with Crippen molar-refractivity contribution in [2.45, 2.75) is 52.6 Å². The van der Waals surface area contributed by atoms with Gasteiger partial charge in [0.05, 0.1) is 17.6 Å². The van der Waals surface area contributed by atoms with Crippen LogP contribution in [0.4, 0.5) is 10.3 Å². The smallest absolute Gasteiger partial charge is 0.239 e. The number of allylic oxidation sites excluding steroid dienone is 1. The van der Waals surface area contributed by atoms with E-state index in [1.54, 1.807) is 12.1 Å². The highest BCUT2D eigenvalue weighted by atomic mass is 32.2. The molecule has 0 bridgehead atoms. The molecule has 3 atom stereocenters. The van der Waals surface area contributed by atoms with Crippen LogP contribution < -0.4 is 4.31 Å². The quantitative estimate of drug-likeness (QED) is 0.467. The maximum atomic E-state index is 13.6. The Morgan fingerprint density at radius 2 is 1.71 bits per heavy atom. The Hall–Kier alpha value is -2.65. The molecule has 0 fully saturated rings. The van der Waals surface area contributed by atoms with E-state index < -0.39 is 16.1 Å².